The van der Waals surface area contributed by atoms with Crippen molar-refractivity contribution in [3.8, 4) is 5.75 Å². The summed E-state index contributed by atoms with van der Waals surface area (Å²) in [4.78, 5) is 0. The lowest BCUT2D eigenvalue weighted by molar-refractivity contribution is 0.344. The second kappa shape index (κ2) is 7.82. The Bertz CT molecular complexity index is 292. The SMILES string of the molecule is CC(CN)CSCCOc1ccc(Cl)cc1. The van der Waals surface area contributed by atoms with Crippen LogP contribution in [0.2, 0.25) is 5.02 Å². The molecule has 1 atom stereocenters. The molecule has 0 fully saturated rings. The van der Waals surface area contributed by atoms with E-state index in [1.165, 1.54) is 0 Å². The predicted octanol–water partition coefficient (Wildman–Crippen LogP) is 3.05. The van der Waals surface area contributed by atoms with E-state index < -0.39 is 0 Å². The molecule has 0 aromatic heterocycles. The molecule has 2 nitrogen and oxygen atoms in total. The largest absolute Gasteiger partial charge is 0.493 e. The van der Waals surface area contributed by atoms with Crippen molar-refractivity contribution in [2.45, 2.75) is 6.92 Å². The highest BCUT2D eigenvalue weighted by atomic mass is 35.5. The van der Waals surface area contributed by atoms with E-state index >= 15 is 0 Å². The Balaban J connectivity index is 2.09. The molecule has 0 bridgehead atoms. The molecule has 0 heterocycles. The minimum absolute atomic E-state index is 0.584. The van der Waals surface area contributed by atoms with Crippen LogP contribution >= 0.6 is 23.4 Å². The average Bonchev–Trinajstić information content (AvgIpc) is 2.31. The molecule has 1 aromatic carbocycles. The summed E-state index contributed by atoms with van der Waals surface area (Å²) in [6, 6.07) is 7.44. The van der Waals surface area contributed by atoms with E-state index in [2.05, 4.69) is 6.92 Å². The van der Waals surface area contributed by atoms with Crippen molar-refractivity contribution in [2.75, 3.05) is 24.7 Å². The van der Waals surface area contributed by atoms with E-state index in [1.807, 2.05) is 36.0 Å². The maximum atomic E-state index is 5.77. The highest BCUT2D eigenvalue weighted by Gasteiger charge is 1.99. The van der Waals surface area contributed by atoms with Crippen molar-refractivity contribution in [3.05, 3.63) is 29.3 Å². The van der Waals surface area contributed by atoms with Gasteiger partial charge in [-0.2, -0.15) is 11.8 Å². The number of thioether (sulfide) groups is 1. The normalized spacial score (nSPS) is 12.4. The van der Waals surface area contributed by atoms with Gasteiger partial charge in [-0.1, -0.05) is 18.5 Å². The van der Waals surface area contributed by atoms with Gasteiger partial charge in [0.25, 0.3) is 0 Å². The Labute approximate surface area is 107 Å². The zero-order valence-corrected chi connectivity index (χ0v) is 11.1. The van der Waals surface area contributed by atoms with Crippen LogP contribution in [0.25, 0.3) is 0 Å². The Morgan fingerprint density at radius 3 is 2.69 bits per heavy atom. The zero-order chi connectivity index (χ0) is 11.8. The minimum Gasteiger partial charge on any atom is -0.493 e. The maximum Gasteiger partial charge on any atom is 0.119 e. The van der Waals surface area contributed by atoms with E-state index in [4.69, 9.17) is 22.1 Å². The van der Waals surface area contributed by atoms with Gasteiger partial charge in [-0.05, 0) is 42.5 Å². The second-order valence-corrected chi connectivity index (χ2v) is 5.30. The highest BCUT2D eigenvalue weighted by Crippen LogP contribution is 2.16. The van der Waals surface area contributed by atoms with Gasteiger partial charge in [0.2, 0.25) is 0 Å². The van der Waals surface area contributed by atoms with Gasteiger partial charge in [-0.15, -0.1) is 0 Å². The molecule has 0 amide bonds. The fraction of sp³-hybridized carbons (Fsp3) is 0.500. The number of nitrogens with two attached hydrogens (primary N) is 1. The van der Waals surface area contributed by atoms with Crippen LogP contribution in [0, 0.1) is 5.92 Å². The summed E-state index contributed by atoms with van der Waals surface area (Å²) in [7, 11) is 0. The topological polar surface area (TPSA) is 35.2 Å². The van der Waals surface area contributed by atoms with Crippen molar-refractivity contribution in [1.82, 2.24) is 0 Å². The quantitative estimate of drug-likeness (QED) is 0.765. The molecule has 90 valence electrons. The standard InChI is InChI=1S/C12H18ClNOS/c1-10(8-14)9-16-7-6-15-12-4-2-11(13)3-5-12/h2-5,10H,6-9,14H2,1H3. The number of rotatable bonds is 7. The molecule has 0 aliphatic rings. The van der Waals surface area contributed by atoms with Crippen LogP contribution in [-0.4, -0.2) is 24.7 Å². The molecule has 16 heavy (non-hydrogen) atoms. The lowest BCUT2D eigenvalue weighted by atomic mass is 10.2. The van der Waals surface area contributed by atoms with Crippen molar-refractivity contribution >= 4 is 23.4 Å². The fourth-order valence-electron chi connectivity index (χ4n) is 1.10. The van der Waals surface area contributed by atoms with Gasteiger partial charge in [0.15, 0.2) is 0 Å². The smallest absolute Gasteiger partial charge is 0.119 e. The molecule has 1 aromatic rings. The van der Waals surface area contributed by atoms with Gasteiger partial charge < -0.3 is 10.5 Å². The summed E-state index contributed by atoms with van der Waals surface area (Å²) in [6.45, 7) is 3.64. The van der Waals surface area contributed by atoms with Gasteiger partial charge in [-0.3, -0.25) is 0 Å². The van der Waals surface area contributed by atoms with Crippen LogP contribution in [0.1, 0.15) is 6.92 Å². The summed E-state index contributed by atoms with van der Waals surface area (Å²) in [5.74, 6) is 3.55. The molecule has 1 rings (SSSR count). The first-order valence-corrected chi connectivity index (χ1v) is 6.92. The molecule has 0 aliphatic carbocycles. The lowest BCUT2D eigenvalue weighted by Gasteiger charge is -2.08. The first-order valence-electron chi connectivity index (χ1n) is 5.38. The van der Waals surface area contributed by atoms with Gasteiger partial charge in [0, 0.05) is 10.8 Å². The fourth-order valence-corrected chi connectivity index (χ4v) is 2.13. The molecule has 2 N–H and O–H groups in total. The molecule has 0 radical (unpaired) electrons. The molecule has 0 aliphatic heterocycles. The highest BCUT2D eigenvalue weighted by molar-refractivity contribution is 7.99. The molecule has 4 heteroatoms. The van der Waals surface area contributed by atoms with E-state index in [0.717, 1.165) is 35.4 Å². The maximum absolute atomic E-state index is 5.77. The summed E-state index contributed by atoms with van der Waals surface area (Å²) in [6.07, 6.45) is 0. The van der Waals surface area contributed by atoms with Gasteiger partial charge in [0.1, 0.15) is 5.75 Å². The first kappa shape index (κ1) is 13.7. The van der Waals surface area contributed by atoms with E-state index in [9.17, 15) is 0 Å². The number of hydrogen-bond donors (Lipinski definition) is 1. The third-order valence-corrected chi connectivity index (χ3v) is 3.63. The number of ether oxygens (including phenoxy) is 1. The van der Waals surface area contributed by atoms with Crippen LogP contribution < -0.4 is 10.5 Å². The lowest BCUT2D eigenvalue weighted by Crippen LogP contribution is -2.13. The van der Waals surface area contributed by atoms with Crippen LogP contribution in [0.15, 0.2) is 24.3 Å². The average molecular weight is 260 g/mol. The number of benzene rings is 1. The molecule has 0 saturated heterocycles. The van der Waals surface area contributed by atoms with Crippen molar-refractivity contribution in [3.63, 3.8) is 0 Å². The molecule has 0 saturated carbocycles. The van der Waals surface area contributed by atoms with Gasteiger partial charge in [-0.25, -0.2) is 0 Å². The zero-order valence-electron chi connectivity index (χ0n) is 9.49. The van der Waals surface area contributed by atoms with Crippen LogP contribution in [-0.2, 0) is 0 Å². The molecular weight excluding hydrogens is 242 g/mol. The van der Waals surface area contributed by atoms with Crippen molar-refractivity contribution in [1.29, 1.82) is 0 Å². The minimum atomic E-state index is 0.584. The van der Waals surface area contributed by atoms with Gasteiger partial charge >= 0.3 is 0 Å². The summed E-state index contributed by atoms with van der Waals surface area (Å²) >= 11 is 7.65. The van der Waals surface area contributed by atoms with Crippen LogP contribution in [0.4, 0.5) is 0 Å². The summed E-state index contributed by atoms with van der Waals surface area (Å²) in [5.41, 5.74) is 5.53. The van der Waals surface area contributed by atoms with Crippen LogP contribution in [0.5, 0.6) is 5.75 Å². The van der Waals surface area contributed by atoms with Crippen molar-refractivity contribution in [2.24, 2.45) is 11.7 Å². The third-order valence-electron chi connectivity index (χ3n) is 2.11. The molecule has 0 spiro atoms. The third kappa shape index (κ3) is 5.64. The summed E-state index contributed by atoms with van der Waals surface area (Å²) in [5, 5.41) is 0.735. The second-order valence-electron chi connectivity index (χ2n) is 3.72. The van der Waals surface area contributed by atoms with E-state index in [1.54, 1.807) is 0 Å². The number of hydrogen-bond acceptors (Lipinski definition) is 3. The molecular formula is C12H18ClNOS. The Morgan fingerprint density at radius 1 is 1.38 bits per heavy atom. The number of halogens is 1. The Kier molecular flexibility index (Phi) is 6.69. The van der Waals surface area contributed by atoms with Crippen molar-refractivity contribution < 1.29 is 4.74 Å². The summed E-state index contributed by atoms with van der Waals surface area (Å²) < 4.78 is 5.57. The van der Waals surface area contributed by atoms with Crippen LogP contribution in [0.3, 0.4) is 0 Å². The Hall–Kier alpha value is -0.380. The first-order chi connectivity index (χ1) is 7.72. The van der Waals surface area contributed by atoms with E-state index in [-0.39, 0.29) is 0 Å². The van der Waals surface area contributed by atoms with E-state index in [0.29, 0.717) is 5.92 Å². The monoisotopic (exact) mass is 259 g/mol. The Morgan fingerprint density at radius 2 is 2.06 bits per heavy atom. The predicted molar refractivity (Wildman–Crippen MR) is 72.5 cm³/mol. The molecule has 1 unspecified atom stereocenters. The van der Waals surface area contributed by atoms with Gasteiger partial charge in [0.05, 0.1) is 6.61 Å².